The maximum absolute atomic E-state index is 14.5. The van der Waals surface area contributed by atoms with Crippen molar-refractivity contribution in [1.82, 2.24) is 24.6 Å². The summed E-state index contributed by atoms with van der Waals surface area (Å²) >= 11 is 0. The van der Waals surface area contributed by atoms with Gasteiger partial charge < -0.3 is 24.8 Å². The van der Waals surface area contributed by atoms with Crippen molar-refractivity contribution < 1.29 is 37.4 Å². The normalized spacial score (nSPS) is 21.5. The molecule has 0 spiro atoms. The summed E-state index contributed by atoms with van der Waals surface area (Å²) < 4.78 is 53.7. The van der Waals surface area contributed by atoms with Crippen molar-refractivity contribution in [2.75, 3.05) is 18.9 Å². The number of rotatable bonds is 15. The molecule has 0 amide bonds. The quantitative estimate of drug-likeness (QED) is 0.0882. The number of ether oxygens (including phenoxy) is 2. The van der Waals surface area contributed by atoms with Gasteiger partial charge in [-0.05, 0) is 37.0 Å². The van der Waals surface area contributed by atoms with Crippen LogP contribution in [0, 0.1) is 12.0 Å². The third-order valence-corrected chi connectivity index (χ3v) is 9.80. The fourth-order valence-corrected chi connectivity index (χ4v) is 6.85. The molecule has 252 valence electrons. The average molecular weight is 671 g/mol. The van der Waals surface area contributed by atoms with Crippen molar-refractivity contribution in [3.63, 3.8) is 0 Å². The summed E-state index contributed by atoms with van der Waals surface area (Å²) in [7, 11) is -4.35. The molecule has 1 aliphatic heterocycles. The van der Waals surface area contributed by atoms with Gasteiger partial charge in [0.05, 0.1) is 25.6 Å². The maximum Gasteiger partial charge on any atom is 0.459 e. The Morgan fingerprint density at radius 2 is 1.85 bits per heavy atom. The molecule has 1 unspecified atom stereocenters. The number of nitrogen functional groups attached to an aromatic ring is 1. The highest BCUT2D eigenvalue weighted by atomic mass is 31.2. The van der Waals surface area contributed by atoms with E-state index in [1.165, 1.54) is 10.9 Å². The summed E-state index contributed by atoms with van der Waals surface area (Å²) in [5, 5.41) is 14.0. The molecule has 2 aromatic carbocycles. The van der Waals surface area contributed by atoms with E-state index in [0.29, 0.717) is 0 Å². The molecule has 4 N–H and O–H groups in total. The third-order valence-electron chi connectivity index (χ3n) is 8.25. The second kappa shape index (κ2) is 14.9. The predicted octanol–water partition coefficient (Wildman–Crippen LogP) is 4.97. The SMILES string of the molecule is CCC(CC)COC(=O)[C@H](Cc1ccccc1)NP(=O)(OC[C@@]1(C)O[C@@H](n2cnc3c(N)nc(F)nc32)C[C@@H]1O)Oc1ccccc1. The number of benzene rings is 2. The second-order valence-corrected chi connectivity index (χ2v) is 13.4. The van der Waals surface area contributed by atoms with Gasteiger partial charge in [0.25, 0.3) is 0 Å². The van der Waals surface area contributed by atoms with Crippen LogP contribution >= 0.6 is 7.75 Å². The zero-order valence-corrected chi connectivity index (χ0v) is 27.4. The van der Waals surface area contributed by atoms with Crippen LogP contribution in [0.3, 0.4) is 0 Å². The Morgan fingerprint density at radius 1 is 1.17 bits per heavy atom. The molecule has 47 heavy (non-hydrogen) atoms. The lowest BCUT2D eigenvalue weighted by Gasteiger charge is -2.31. The van der Waals surface area contributed by atoms with E-state index >= 15 is 0 Å². The first-order valence-corrected chi connectivity index (χ1v) is 17.1. The number of hydrogen-bond acceptors (Lipinski definition) is 11. The lowest BCUT2D eigenvalue weighted by molar-refractivity contribution is -0.147. The molecular weight excluding hydrogens is 630 g/mol. The van der Waals surface area contributed by atoms with Crippen molar-refractivity contribution in [1.29, 1.82) is 0 Å². The topological polar surface area (TPSA) is 173 Å². The van der Waals surface area contributed by atoms with Crippen molar-refractivity contribution in [3.05, 3.63) is 78.6 Å². The van der Waals surface area contributed by atoms with Gasteiger partial charge in [-0.1, -0.05) is 75.2 Å². The molecule has 5 rings (SSSR count). The standard InChI is InChI=1S/C32H40FN6O7P/c1-4-21(5-2)18-43-30(41)24(16-22-12-8-6-9-13-22)38-47(42,46-23-14-10-7-11-15-23)44-19-32(3)25(40)17-26(45-32)39-20-35-27-28(34)36-31(33)37-29(27)39/h6-15,20-21,24-26,40H,4-5,16-19H2,1-3H3,(H,38,42)(H2,34,36,37)/t24-,25-,26+,32+,47?/m0/s1. The van der Waals surface area contributed by atoms with Crippen molar-refractivity contribution in [2.24, 2.45) is 5.92 Å². The number of halogens is 1. The monoisotopic (exact) mass is 670 g/mol. The van der Waals surface area contributed by atoms with Gasteiger partial charge in [0.15, 0.2) is 17.0 Å². The lowest BCUT2D eigenvalue weighted by atomic mass is 10.0. The van der Waals surface area contributed by atoms with Gasteiger partial charge >= 0.3 is 19.8 Å². The van der Waals surface area contributed by atoms with Crippen LogP contribution in [-0.2, 0) is 29.8 Å². The van der Waals surface area contributed by atoms with Crippen molar-refractivity contribution >= 4 is 30.7 Å². The van der Waals surface area contributed by atoms with E-state index in [4.69, 9.17) is 24.3 Å². The molecule has 1 aliphatic rings. The molecule has 2 aromatic heterocycles. The Morgan fingerprint density at radius 3 is 2.53 bits per heavy atom. The van der Waals surface area contributed by atoms with Crippen LogP contribution in [0.2, 0.25) is 0 Å². The van der Waals surface area contributed by atoms with Gasteiger partial charge in [-0.3, -0.25) is 13.9 Å². The van der Waals surface area contributed by atoms with Crippen molar-refractivity contribution in [2.45, 2.75) is 70.4 Å². The Kier molecular flexibility index (Phi) is 10.9. The molecule has 5 atom stereocenters. The highest BCUT2D eigenvalue weighted by Gasteiger charge is 2.48. The van der Waals surface area contributed by atoms with Crippen LogP contribution in [0.15, 0.2) is 67.0 Å². The summed E-state index contributed by atoms with van der Waals surface area (Å²) in [6.45, 7) is 5.43. The number of esters is 1. The van der Waals surface area contributed by atoms with Gasteiger partial charge in [-0.25, -0.2) is 9.55 Å². The molecule has 0 bridgehead atoms. The average Bonchev–Trinajstić information content (AvgIpc) is 3.61. The molecule has 4 aromatic rings. The highest BCUT2D eigenvalue weighted by molar-refractivity contribution is 7.52. The van der Waals surface area contributed by atoms with E-state index in [2.05, 4.69) is 20.0 Å². The number of nitrogens with two attached hydrogens (primary N) is 1. The summed E-state index contributed by atoms with van der Waals surface area (Å²) in [5.74, 6) is -0.331. The third kappa shape index (κ3) is 8.32. The molecule has 13 nitrogen and oxygen atoms in total. The molecule has 1 saturated heterocycles. The van der Waals surface area contributed by atoms with Gasteiger partial charge in [0.1, 0.15) is 23.6 Å². The number of para-hydroxylation sites is 1. The fourth-order valence-electron chi connectivity index (χ4n) is 5.27. The minimum atomic E-state index is -4.35. The first-order valence-electron chi connectivity index (χ1n) is 15.5. The second-order valence-electron chi connectivity index (χ2n) is 11.7. The van der Waals surface area contributed by atoms with E-state index < -0.39 is 50.4 Å². The van der Waals surface area contributed by atoms with Crippen LogP contribution in [-0.4, -0.2) is 61.6 Å². The Hall–Kier alpha value is -3.94. The molecule has 0 saturated carbocycles. The lowest BCUT2D eigenvalue weighted by Crippen LogP contribution is -2.43. The summed E-state index contributed by atoms with van der Waals surface area (Å²) in [4.78, 5) is 24.9. The molecule has 15 heteroatoms. The Labute approximate surface area is 272 Å². The van der Waals surface area contributed by atoms with E-state index in [-0.39, 0.29) is 48.1 Å². The number of hydrogen-bond donors (Lipinski definition) is 3. The number of carbonyl (C=O) groups is 1. The molecule has 0 radical (unpaired) electrons. The first-order chi connectivity index (χ1) is 22.5. The zero-order chi connectivity index (χ0) is 33.6. The number of imidazole rings is 1. The zero-order valence-electron chi connectivity index (χ0n) is 26.5. The van der Waals surface area contributed by atoms with Crippen LogP contribution in [0.5, 0.6) is 5.75 Å². The smallest absolute Gasteiger partial charge is 0.459 e. The Bertz CT molecular complexity index is 1690. The van der Waals surface area contributed by atoms with Gasteiger partial charge in [0.2, 0.25) is 0 Å². The molecule has 0 aliphatic carbocycles. The van der Waals surface area contributed by atoms with Gasteiger partial charge in [-0.15, -0.1) is 0 Å². The van der Waals surface area contributed by atoms with Crippen LogP contribution < -0.4 is 15.3 Å². The number of aliphatic hydroxyl groups is 1. The maximum atomic E-state index is 14.5. The van der Waals surface area contributed by atoms with Crippen LogP contribution in [0.4, 0.5) is 10.2 Å². The predicted molar refractivity (Wildman–Crippen MR) is 172 cm³/mol. The van der Waals surface area contributed by atoms with E-state index in [0.717, 1.165) is 18.4 Å². The highest BCUT2D eigenvalue weighted by Crippen LogP contribution is 2.48. The summed E-state index contributed by atoms with van der Waals surface area (Å²) in [5.41, 5.74) is 5.46. The number of aromatic nitrogens is 4. The number of fused-ring (bicyclic) bond motifs is 1. The number of carbonyl (C=O) groups excluding carboxylic acids is 1. The van der Waals surface area contributed by atoms with E-state index in [1.807, 2.05) is 44.2 Å². The molecule has 3 heterocycles. The number of nitrogens with one attached hydrogen (secondary N) is 1. The summed E-state index contributed by atoms with van der Waals surface area (Å²) in [6, 6.07) is 16.5. The minimum Gasteiger partial charge on any atom is -0.464 e. The summed E-state index contributed by atoms with van der Waals surface area (Å²) in [6.07, 6.45) is 0.238. The van der Waals surface area contributed by atoms with E-state index in [1.54, 1.807) is 37.3 Å². The number of aliphatic hydroxyl groups excluding tert-OH is 1. The molecular formula is C32H40FN6O7P. The van der Waals surface area contributed by atoms with Crippen molar-refractivity contribution in [3.8, 4) is 5.75 Å². The van der Waals surface area contributed by atoms with Crippen LogP contribution in [0.25, 0.3) is 11.2 Å². The van der Waals surface area contributed by atoms with Gasteiger partial charge in [0, 0.05) is 6.42 Å². The molecule has 1 fully saturated rings. The first kappa shape index (κ1) is 34.4. The Balaban J connectivity index is 1.38. The number of anilines is 1. The largest absolute Gasteiger partial charge is 0.464 e. The fraction of sp³-hybridized carbons (Fsp3) is 0.438. The minimum absolute atomic E-state index is 0.0487. The van der Waals surface area contributed by atoms with Gasteiger partial charge in [-0.2, -0.15) is 19.4 Å². The van der Waals surface area contributed by atoms with Crippen LogP contribution in [0.1, 0.15) is 51.8 Å². The van der Waals surface area contributed by atoms with E-state index in [9.17, 15) is 18.9 Å². The number of nitrogens with zero attached hydrogens (tertiary/aromatic N) is 4.